The number of methoxy groups -OCH3 is 1. The van der Waals surface area contributed by atoms with Gasteiger partial charge in [-0.15, -0.1) is 0 Å². The summed E-state index contributed by atoms with van der Waals surface area (Å²) < 4.78 is 5.00. The molecule has 3 N–H and O–H groups in total. The summed E-state index contributed by atoms with van der Waals surface area (Å²) in [5, 5.41) is 3.31. The van der Waals surface area contributed by atoms with Crippen molar-refractivity contribution in [2.24, 2.45) is 5.73 Å². The second-order valence-electron chi connectivity index (χ2n) is 4.62. The molecule has 0 bridgehead atoms. The lowest BCUT2D eigenvalue weighted by Crippen LogP contribution is -2.38. The Bertz CT molecular complexity index is 399. The monoisotopic (exact) mass is 249 g/mol. The summed E-state index contributed by atoms with van der Waals surface area (Å²) in [5.74, 6) is 0.164. The van der Waals surface area contributed by atoms with Crippen LogP contribution in [0.1, 0.15) is 37.3 Å². The number of nitrogens with one attached hydrogen (secondary N) is 1. The van der Waals surface area contributed by atoms with Crippen LogP contribution in [0.2, 0.25) is 0 Å². The number of amides is 1. The Morgan fingerprint density at radius 1 is 1.50 bits per heavy atom. The lowest BCUT2D eigenvalue weighted by molar-refractivity contribution is -0.120. The van der Waals surface area contributed by atoms with Crippen molar-refractivity contribution >= 4 is 5.91 Å². The average Bonchev–Trinajstić information content (AvgIpc) is 2.89. The third kappa shape index (κ3) is 2.98. The van der Waals surface area contributed by atoms with Crippen molar-refractivity contribution in [1.29, 1.82) is 0 Å². The van der Waals surface area contributed by atoms with Gasteiger partial charge in [0.05, 0.1) is 7.11 Å². The molecular weight excluding hydrogens is 230 g/mol. The summed E-state index contributed by atoms with van der Waals surface area (Å²) in [5.41, 5.74) is 6.24. The van der Waals surface area contributed by atoms with Gasteiger partial charge in [-0.1, -0.05) is 18.9 Å². The van der Waals surface area contributed by atoms with Gasteiger partial charge in [0, 0.05) is 18.3 Å². The minimum atomic E-state index is -0.466. The first kappa shape index (κ1) is 12.8. The fourth-order valence-electron chi connectivity index (χ4n) is 2.35. The van der Waals surface area contributed by atoms with E-state index >= 15 is 0 Å². The molecule has 0 radical (unpaired) electrons. The molecule has 1 aromatic heterocycles. The number of hydrogen-bond acceptors (Lipinski definition) is 4. The summed E-state index contributed by atoms with van der Waals surface area (Å²) in [4.78, 5) is 15.6. The fourth-order valence-corrected chi connectivity index (χ4v) is 2.35. The number of nitrogens with two attached hydrogens (primary N) is 1. The number of hydrogen-bond donors (Lipinski definition) is 2. The van der Waals surface area contributed by atoms with E-state index in [9.17, 15) is 4.79 Å². The Kier molecular flexibility index (Phi) is 4.15. The number of nitrogens with zero attached hydrogens (tertiary/aromatic N) is 1. The van der Waals surface area contributed by atoms with E-state index < -0.39 is 6.04 Å². The minimum absolute atomic E-state index is 0.367. The number of ether oxygens (including phenoxy) is 1. The van der Waals surface area contributed by atoms with Crippen LogP contribution >= 0.6 is 0 Å². The maximum Gasteiger partial charge on any atom is 0.239 e. The van der Waals surface area contributed by atoms with Crippen LogP contribution in [0, 0.1) is 0 Å². The van der Waals surface area contributed by atoms with Gasteiger partial charge in [0.15, 0.2) is 0 Å². The molecule has 5 nitrogen and oxygen atoms in total. The molecule has 1 heterocycles. The second kappa shape index (κ2) is 5.82. The van der Waals surface area contributed by atoms with E-state index in [4.69, 9.17) is 10.5 Å². The summed E-state index contributed by atoms with van der Waals surface area (Å²) >= 11 is 0. The van der Waals surface area contributed by atoms with E-state index in [-0.39, 0.29) is 5.91 Å². The first-order valence-electron chi connectivity index (χ1n) is 6.26. The molecule has 2 rings (SSSR count). The molecule has 1 unspecified atom stereocenters. The van der Waals surface area contributed by atoms with Crippen LogP contribution < -0.4 is 15.8 Å². The van der Waals surface area contributed by atoms with Crippen LogP contribution in [-0.4, -0.2) is 24.0 Å². The Morgan fingerprint density at radius 2 is 2.22 bits per heavy atom. The zero-order valence-corrected chi connectivity index (χ0v) is 10.6. The molecule has 0 saturated heterocycles. The SMILES string of the molecule is COc1ccc(C(NC2CCCC2)C(N)=O)cn1. The molecule has 1 aromatic rings. The van der Waals surface area contributed by atoms with E-state index in [2.05, 4.69) is 10.3 Å². The van der Waals surface area contributed by atoms with Crippen LogP contribution in [0.5, 0.6) is 5.88 Å². The van der Waals surface area contributed by atoms with Crippen LogP contribution in [-0.2, 0) is 4.79 Å². The van der Waals surface area contributed by atoms with Gasteiger partial charge in [0.25, 0.3) is 0 Å². The molecule has 1 aliphatic rings. The van der Waals surface area contributed by atoms with E-state index in [0.717, 1.165) is 18.4 Å². The third-order valence-corrected chi connectivity index (χ3v) is 3.34. The highest BCUT2D eigenvalue weighted by Gasteiger charge is 2.24. The fraction of sp³-hybridized carbons (Fsp3) is 0.538. The van der Waals surface area contributed by atoms with Crippen molar-refractivity contribution in [2.45, 2.75) is 37.8 Å². The highest BCUT2D eigenvalue weighted by atomic mass is 16.5. The van der Waals surface area contributed by atoms with Crippen LogP contribution in [0.3, 0.4) is 0 Å². The van der Waals surface area contributed by atoms with Gasteiger partial charge >= 0.3 is 0 Å². The predicted octanol–water partition coefficient (Wildman–Crippen LogP) is 1.15. The lowest BCUT2D eigenvalue weighted by atomic mass is 10.1. The normalized spacial score (nSPS) is 17.6. The molecule has 0 aliphatic heterocycles. The Balaban J connectivity index is 2.10. The molecule has 98 valence electrons. The molecule has 1 saturated carbocycles. The van der Waals surface area contributed by atoms with E-state index in [1.54, 1.807) is 19.4 Å². The Labute approximate surface area is 107 Å². The van der Waals surface area contributed by atoms with E-state index in [1.807, 2.05) is 6.07 Å². The number of primary amides is 1. The van der Waals surface area contributed by atoms with Gasteiger partial charge in [-0.25, -0.2) is 4.98 Å². The van der Waals surface area contributed by atoms with Crippen LogP contribution in [0.25, 0.3) is 0 Å². The lowest BCUT2D eigenvalue weighted by Gasteiger charge is -2.20. The van der Waals surface area contributed by atoms with E-state index in [0.29, 0.717) is 11.9 Å². The van der Waals surface area contributed by atoms with Gasteiger partial charge < -0.3 is 10.5 Å². The molecule has 0 spiro atoms. The molecule has 1 fully saturated rings. The van der Waals surface area contributed by atoms with E-state index in [1.165, 1.54) is 12.8 Å². The molecule has 5 heteroatoms. The quantitative estimate of drug-likeness (QED) is 0.820. The van der Waals surface area contributed by atoms with Gasteiger partial charge in [0.2, 0.25) is 11.8 Å². The van der Waals surface area contributed by atoms with Crippen molar-refractivity contribution in [3.63, 3.8) is 0 Å². The number of carbonyl (C=O) groups is 1. The zero-order chi connectivity index (χ0) is 13.0. The molecule has 18 heavy (non-hydrogen) atoms. The summed E-state index contributed by atoms with van der Waals surface area (Å²) in [6.45, 7) is 0. The topological polar surface area (TPSA) is 77.2 Å². The van der Waals surface area contributed by atoms with Crippen LogP contribution in [0.15, 0.2) is 18.3 Å². The first-order chi connectivity index (χ1) is 8.70. The highest BCUT2D eigenvalue weighted by Crippen LogP contribution is 2.22. The summed E-state index contributed by atoms with van der Waals surface area (Å²) in [6, 6.07) is 3.47. The number of aromatic nitrogens is 1. The smallest absolute Gasteiger partial charge is 0.239 e. The predicted molar refractivity (Wildman–Crippen MR) is 68.1 cm³/mol. The summed E-state index contributed by atoms with van der Waals surface area (Å²) in [6.07, 6.45) is 6.27. The standard InChI is InChI=1S/C13H19N3O2/c1-18-11-7-6-9(8-15-11)12(13(14)17)16-10-4-2-3-5-10/h6-8,10,12,16H,2-5H2,1H3,(H2,14,17). The molecule has 1 aliphatic carbocycles. The highest BCUT2D eigenvalue weighted by molar-refractivity contribution is 5.81. The Morgan fingerprint density at radius 3 is 2.72 bits per heavy atom. The third-order valence-electron chi connectivity index (χ3n) is 3.34. The number of carbonyl (C=O) groups excluding carboxylic acids is 1. The maximum absolute atomic E-state index is 11.5. The van der Waals surface area contributed by atoms with Gasteiger partial charge in [-0.2, -0.15) is 0 Å². The van der Waals surface area contributed by atoms with Gasteiger partial charge in [0.1, 0.15) is 6.04 Å². The average molecular weight is 249 g/mol. The zero-order valence-electron chi connectivity index (χ0n) is 10.6. The number of pyridine rings is 1. The Hall–Kier alpha value is -1.62. The van der Waals surface area contributed by atoms with Crippen molar-refractivity contribution in [2.75, 3.05) is 7.11 Å². The largest absolute Gasteiger partial charge is 0.481 e. The van der Waals surface area contributed by atoms with Crippen molar-refractivity contribution in [1.82, 2.24) is 10.3 Å². The van der Waals surface area contributed by atoms with Crippen molar-refractivity contribution < 1.29 is 9.53 Å². The molecule has 0 aromatic carbocycles. The molecule has 1 amide bonds. The maximum atomic E-state index is 11.5. The van der Waals surface area contributed by atoms with Gasteiger partial charge in [-0.3, -0.25) is 10.1 Å². The molecular formula is C13H19N3O2. The second-order valence-corrected chi connectivity index (χ2v) is 4.62. The van der Waals surface area contributed by atoms with Crippen molar-refractivity contribution in [3.05, 3.63) is 23.9 Å². The first-order valence-corrected chi connectivity index (χ1v) is 6.26. The van der Waals surface area contributed by atoms with Crippen molar-refractivity contribution in [3.8, 4) is 5.88 Å². The summed E-state index contributed by atoms with van der Waals surface area (Å²) in [7, 11) is 1.56. The molecule has 1 atom stereocenters. The number of rotatable bonds is 5. The van der Waals surface area contributed by atoms with Gasteiger partial charge in [-0.05, 0) is 18.4 Å². The van der Waals surface area contributed by atoms with Crippen LogP contribution in [0.4, 0.5) is 0 Å². The minimum Gasteiger partial charge on any atom is -0.481 e.